The van der Waals surface area contributed by atoms with Gasteiger partial charge in [0.15, 0.2) is 0 Å². The second-order valence-electron chi connectivity index (χ2n) is 7.20. The van der Waals surface area contributed by atoms with Gasteiger partial charge < -0.3 is 10.6 Å². The first-order chi connectivity index (χ1) is 10.5. The zero-order chi connectivity index (χ0) is 15.7. The summed E-state index contributed by atoms with van der Waals surface area (Å²) in [7, 11) is 0. The summed E-state index contributed by atoms with van der Waals surface area (Å²) in [6, 6.07) is 7.07. The number of fused-ring (bicyclic) bond motifs is 1. The van der Waals surface area contributed by atoms with Gasteiger partial charge in [0.2, 0.25) is 5.91 Å². The molecular weight excluding hydrogens is 308 g/mol. The van der Waals surface area contributed by atoms with Crippen molar-refractivity contribution in [2.45, 2.75) is 71.0 Å². The summed E-state index contributed by atoms with van der Waals surface area (Å²) < 4.78 is 0. The molecule has 0 radical (unpaired) electrons. The highest BCUT2D eigenvalue weighted by Crippen LogP contribution is 2.33. The molecule has 2 fully saturated rings. The zero-order valence-electron chi connectivity index (χ0n) is 14.4. The Balaban J connectivity index is 0.00000192. The molecule has 1 aliphatic carbocycles. The predicted octanol–water partition coefficient (Wildman–Crippen LogP) is 3.82. The van der Waals surface area contributed by atoms with Gasteiger partial charge in [-0.3, -0.25) is 4.79 Å². The van der Waals surface area contributed by atoms with Crippen molar-refractivity contribution in [1.29, 1.82) is 0 Å². The van der Waals surface area contributed by atoms with E-state index in [9.17, 15) is 4.79 Å². The van der Waals surface area contributed by atoms with Gasteiger partial charge in [-0.25, -0.2) is 0 Å². The van der Waals surface area contributed by atoms with Gasteiger partial charge in [0.25, 0.3) is 0 Å². The first-order valence-corrected chi connectivity index (χ1v) is 8.68. The standard InChI is InChI=1S/C19H28N2O.ClH/c1-12-8-9-16(13(2)10-12)14(3)20-19(22)18-11-15-6-4-5-7-17(15)21-18;/h8-10,14-15,17-18,21H,4-7,11H2,1-3H3,(H,20,22);1H. The molecular formula is C19H29ClN2O. The highest BCUT2D eigenvalue weighted by atomic mass is 35.5. The third-order valence-corrected chi connectivity index (χ3v) is 5.43. The van der Waals surface area contributed by atoms with E-state index < -0.39 is 0 Å². The Morgan fingerprint density at radius 2 is 2.00 bits per heavy atom. The number of amides is 1. The van der Waals surface area contributed by atoms with Crippen molar-refractivity contribution in [1.82, 2.24) is 10.6 Å². The Morgan fingerprint density at radius 3 is 2.70 bits per heavy atom. The van der Waals surface area contributed by atoms with E-state index in [0.29, 0.717) is 12.0 Å². The van der Waals surface area contributed by atoms with E-state index in [4.69, 9.17) is 0 Å². The van der Waals surface area contributed by atoms with Crippen molar-refractivity contribution >= 4 is 18.3 Å². The Morgan fingerprint density at radius 1 is 1.26 bits per heavy atom. The number of halogens is 1. The number of carbonyl (C=O) groups excluding carboxylic acids is 1. The maximum atomic E-state index is 12.6. The minimum Gasteiger partial charge on any atom is -0.348 e. The predicted molar refractivity (Wildman–Crippen MR) is 97.0 cm³/mol. The average Bonchev–Trinajstić information content (AvgIpc) is 2.91. The van der Waals surface area contributed by atoms with E-state index in [-0.39, 0.29) is 30.4 Å². The molecule has 1 aliphatic heterocycles. The van der Waals surface area contributed by atoms with Gasteiger partial charge in [0.05, 0.1) is 12.1 Å². The molecule has 1 aromatic carbocycles. The van der Waals surface area contributed by atoms with Crippen molar-refractivity contribution in [2.75, 3.05) is 0 Å². The number of hydrogen-bond donors (Lipinski definition) is 2. The fraction of sp³-hybridized carbons (Fsp3) is 0.632. The largest absolute Gasteiger partial charge is 0.348 e. The third kappa shape index (κ3) is 4.07. The van der Waals surface area contributed by atoms with Crippen LogP contribution in [0.1, 0.15) is 61.8 Å². The van der Waals surface area contributed by atoms with Gasteiger partial charge in [-0.2, -0.15) is 0 Å². The second-order valence-corrected chi connectivity index (χ2v) is 7.20. The topological polar surface area (TPSA) is 41.1 Å². The van der Waals surface area contributed by atoms with Gasteiger partial charge in [-0.15, -0.1) is 12.4 Å². The molecule has 0 aromatic heterocycles. The number of benzene rings is 1. The van der Waals surface area contributed by atoms with Crippen LogP contribution >= 0.6 is 12.4 Å². The number of hydrogen-bond acceptors (Lipinski definition) is 2. The van der Waals surface area contributed by atoms with Crippen molar-refractivity contribution in [3.05, 3.63) is 34.9 Å². The van der Waals surface area contributed by atoms with E-state index in [1.54, 1.807) is 0 Å². The van der Waals surface area contributed by atoms with Crippen LogP contribution in [0.4, 0.5) is 0 Å². The van der Waals surface area contributed by atoms with Gasteiger partial charge in [-0.05, 0) is 57.1 Å². The summed E-state index contributed by atoms with van der Waals surface area (Å²) >= 11 is 0. The molecule has 1 amide bonds. The van der Waals surface area contributed by atoms with Crippen LogP contribution in [0, 0.1) is 19.8 Å². The minimum absolute atomic E-state index is 0. The molecule has 2 aliphatic rings. The van der Waals surface area contributed by atoms with E-state index >= 15 is 0 Å². The highest BCUT2D eigenvalue weighted by Gasteiger charge is 2.38. The molecule has 3 nitrogen and oxygen atoms in total. The summed E-state index contributed by atoms with van der Waals surface area (Å²) in [6.07, 6.45) is 6.17. The smallest absolute Gasteiger partial charge is 0.237 e. The molecule has 4 unspecified atom stereocenters. The molecule has 1 aromatic rings. The second kappa shape index (κ2) is 7.67. The van der Waals surface area contributed by atoms with Crippen LogP contribution in [0.3, 0.4) is 0 Å². The van der Waals surface area contributed by atoms with Crippen LogP contribution in [-0.2, 0) is 4.79 Å². The van der Waals surface area contributed by atoms with Crippen LogP contribution < -0.4 is 10.6 Å². The molecule has 3 rings (SSSR count). The number of rotatable bonds is 3. The lowest BCUT2D eigenvalue weighted by Gasteiger charge is -2.24. The number of aryl methyl sites for hydroxylation is 2. The third-order valence-electron chi connectivity index (χ3n) is 5.43. The van der Waals surface area contributed by atoms with Crippen molar-refractivity contribution in [2.24, 2.45) is 5.92 Å². The fourth-order valence-electron chi connectivity index (χ4n) is 4.22. The maximum absolute atomic E-state index is 12.6. The molecule has 4 atom stereocenters. The van der Waals surface area contributed by atoms with Crippen molar-refractivity contribution in [3.8, 4) is 0 Å². The van der Waals surface area contributed by atoms with Gasteiger partial charge in [0.1, 0.15) is 0 Å². The fourth-order valence-corrected chi connectivity index (χ4v) is 4.22. The van der Waals surface area contributed by atoms with E-state index in [1.165, 1.54) is 42.4 Å². The molecule has 23 heavy (non-hydrogen) atoms. The van der Waals surface area contributed by atoms with E-state index in [2.05, 4.69) is 49.6 Å². The summed E-state index contributed by atoms with van der Waals surface area (Å²) in [5, 5.41) is 6.77. The Hall–Kier alpha value is -1.06. The molecule has 0 bridgehead atoms. The Kier molecular flexibility index (Phi) is 6.10. The molecule has 2 N–H and O–H groups in total. The SMILES string of the molecule is Cc1ccc(C(C)NC(=O)C2CC3CCCCC3N2)c(C)c1.Cl. The number of carbonyl (C=O) groups is 1. The Bertz CT molecular complexity index is 546. The van der Waals surface area contributed by atoms with E-state index in [0.717, 1.165) is 6.42 Å². The van der Waals surface area contributed by atoms with Crippen molar-refractivity contribution in [3.63, 3.8) is 0 Å². The first-order valence-electron chi connectivity index (χ1n) is 8.68. The summed E-state index contributed by atoms with van der Waals surface area (Å²) in [6.45, 7) is 6.30. The lowest BCUT2D eigenvalue weighted by Crippen LogP contribution is -2.44. The summed E-state index contributed by atoms with van der Waals surface area (Å²) in [5.41, 5.74) is 3.73. The quantitative estimate of drug-likeness (QED) is 0.881. The average molecular weight is 337 g/mol. The molecule has 128 valence electrons. The van der Waals surface area contributed by atoms with Crippen LogP contribution in [0.2, 0.25) is 0 Å². The lowest BCUT2D eigenvalue weighted by molar-refractivity contribution is -0.123. The van der Waals surface area contributed by atoms with Crippen LogP contribution in [0.5, 0.6) is 0 Å². The Labute approximate surface area is 146 Å². The van der Waals surface area contributed by atoms with Gasteiger partial charge >= 0.3 is 0 Å². The number of nitrogens with one attached hydrogen (secondary N) is 2. The van der Waals surface area contributed by atoms with Crippen LogP contribution in [0.25, 0.3) is 0 Å². The monoisotopic (exact) mass is 336 g/mol. The van der Waals surface area contributed by atoms with Crippen LogP contribution in [-0.4, -0.2) is 18.0 Å². The normalized spacial score (nSPS) is 27.7. The van der Waals surface area contributed by atoms with Crippen molar-refractivity contribution < 1.29 is 4.79 Å². The summed E-state index contributed by atoms with van der Waals surface area (Å²) in [5.74, 6) is 0.878. The molecule has 4 heteroatoms. The summed E-state index contributed by atoms with van der Waals surface area (Å²) in [4.78, 5) is 12.6. The molecule has 1 saturated heterocycles. The maximum Gasteiger partial charge on any atom is 0.237 e. The molecule has 1 saturated carbocycles. The first kappa shape index (κ1) is 18.3. The van der Waals surface area contributed by atoms with Crippen LogP contribution in [0.15, 0.2) is 18.2 Å². The van der Waals surface area contributed by atoms with Gasteiger partial charge in [-0.1, -0.05) is 36.6 Å². The van der Waals surface area contributed by atoms with Gasteiger partial charge in [0, 0.05) is 6.04 Å². The minimum atomic E-state index is 0. The molecule has 0 spiro atoms. The van der Waals surface area contributed by atoms with E-state index in [1.807, 2.05) is 0 Å². The lowest BCUT2D eigenvalue weighted by atomic mass is 9.85. The molecule has 1 heterocycles. The highest BCUT2D eigenvalue weighted by molar-refractivity contribution is 5.85. The zero-order valence-corrected chi connectivity index (χ0v) is 15.2.